The fourth-order valence-electron chi connectivity index (χ4n) is 2.10. The average Bonchev–Trinajstić information content (AvgIpc) is 2.54. The molecule has 3 aromatic rings. The van der Waals surface area contributed by atoms with Crippen molar-refractivity contribution in [3.05, 3.63) is 60.0 Å². The summed E-state index contributed by atoms with van der Waals surface area (Å²) in [5.74, 6) is -0.232. The van der Waals surface area contributed by atoms with Gasteiger partial charge in [0.2, 0.25) is 0 Å². The van der Waals surface area contributed by atoms with E-state index in [1.165, 1.54) is 12.1 Å². The highest BCUT2D eigenvalue weighted by molar-refractivity contribution is 5.96. The molecule has 0 amide bonds. The van der Waals surface area contributed by atoms with Crippen LogP contribution in [-0.4, -0.2) is 10.8 Å². The molecule has 2 aromatic carbocycles. The first-order valence-corrected chi connectivity index (χ1v) is 6.74. The van der Waals surface area contributed by atoms with Crippen LogP contribution in [0, 0.1) is 11.2 Å². The summed E-state index contributed by atoms with van der Waals surface area (Å²) >= 11 is 0. The summed E-state index contributed by atoms with van der Waals surface area (Å²) in [6.45, 7) is 0. The molecule has 0 aliphatic rings. The van der Waals surface area contributed by atoms with Gasteiger partial charge in [0, 0.05) is 22.5 Å². The molecule has 0 fully saturated rings. The Morgan fingerprint density at radius 3 is 2.52 bits per heavy atom. The van der Waals surface area contributed by atoms with Gasteiger partial charge in [-0.1, -0.05) is 0 Å². The molecule has 0 saturated carbocycles. The number of nitrogens with one attached hydrogen (secondary N) is 1. The fourth-order valence-corrected chi connectivity index (χ4v) is 2.10. The van der Waals surface area contributed by atoms with Crippen molar-refractivity contribution in [1.82, 2.24) is 4.98 Å². The van der Waals surface area contributed by atoms with Gasteiger partial charge in [-0.25, -0.2) is 9.37 Å². The summed E-state index contributed by atoms with van der Waals surface area (Å²) < 4.78 is 13.5. The van der Waals surface area contributed by atoms with Crippen LogP contribution in [0.15, 0.2) is 58.9 Å². The molecular weight excluding hydrogens is 295 g/mol. The van der Waals surface area contributed by atoms with E-state index in [2.05, 4.69) is 15.2 Å². The number of hydrogen-bond donors (Lipinski definition) is 3. The van der Waals surface area contributed by atoms with Crippen LogP contribution in [0.3, 0.4) is 0 Å². The third-order valence-electron chi connectivity index (χ3n) is 3.30. The molecule has 0 unspecified atom stereocenters. The number of nitrogens with zero attached hydrogens (tertiary/aromatic N) is 3. The minimum atomic E-state index is -0.384. The van der Waals surface area contributed by atoms with Crippen molar-refractivity contribution in [3.63, 3.8) is 0 Å². The van der Waals surface area contributed by atoms with Gasteiger partial charge in [-0.3, -0.25) is 5.41 Å². The second-order valence-electron chi connectivity index (χ2n) is 4.88. The second kappa shape index (κ2) is 5.80. The predicted molar refractivity (Wildman–Crippen MR) is 87.7 cm³/mol. The summed E-state index contributed by atoms with van der Waals surface area (Å²) in [6, 6.07) is 11.0. The normalized spacial score (nSPS) is 11.2. The van der Waals surface area contributed by atoms with E-state index in [1.54, 1.807) is 36.5 Å². The van der Waals surface area contributed by atoms with Gasteiger partial charge < -0.3 is 11.5 Å². The van der Waals surface area contributed by atoms with Crippen molar-refractivity contribution in [2.24, 2.45) is 16.0 Å². The Kier molecular flexibility index (Phi) is 3.68. The zero-order valence-corrected chi connectivity index (χ0v) is 12.0. The van der Waals surface area contributed by atoms with Crippen LogP contribution >= 0.6 is 0 Å². The molecule has 0 saturated heterocycles. The van der Waals surface area contributed by atoms with E-state index in [0.717, 1.165) is 5.39 Å². The molecule has 3 rings (SSSR count). The van der Waals surface area contributed by atoms with E-state index < -0.39 is 0 Å². The smallest absolute Gasteiger partial charge is 0.151 e. The van der Waals surface area contributed by atoms with Crippen molar-refractivity contribution in [2.75, 3.05) is 5.73 Å². The number of anilines is 1. The lowest BCUT2D eigenvalue weighted by molar-refractivity contribution is 0.630. The number of amidine groups is 1. The van der Waals surface area contributed by atoms with Gasteiger partial charge in [-0.2, -0.15) is 5.11 Å². The second-order valence-corrected chi connectivity index (χ2v) is 4.88. The Balaban J connectivity index is 2.01. The first kappa shape index (κ1) is 14.6. The van der Waals surface area contributed by atoms with E-state index in [4.69, 9.17) is 16.9 Å². The quantitative estimate of drug-likeness (QED) is 0.389. The lowest BCUT2D eigenvalue weighted by Crippen LogP contribution is -2.10. The monoisotopic (exact) mass is 308 g/mol. The van der Waals surface area contributed by atoms with E-state index >= 15 is 0 Å². The van der Waals surface area contributed by atoms with Gasteiger partial charge >= 0.3 is 0 Å². The van der Waals surface area contributed by atoms with Gasteiger partial charge in [-0.15, -0.1) is 5.11 Å². The molecule has 0 aliphatic carbocycles. The van der Waals surface area contributed by atoms with E-state index in [-0.39, 0.29) is 17.5 Å². The maximum Gasteiger partial charge on any atom is 0.151 e. The molecule has 0 spiro atoms. The molecule has 5 N–H and O–H groups in total. The van der Waals surface area contributed by atoms with Crippen molar-refractivity contribution >= 4 is 33.8 Å². The highest BCUT2D eigenvalue weighted by Crippen LogP contribution is 2.32. The van der Waals surface area contributed by atoms with Crippen molar-refractivity contribution < 1.29 is 4.39 Å². The minimum absolute atomic E-state index is 0.0218. The Morgan fingerprint density at radius 2 is 1.83 bits per heavy atom. The number of pyridine rings is 1. The Hall–Kier alpha value is -3.35. The van der Waals surface area contributed by atoms with Crippen LogP contribution in [0.4, 0.5) is 21.6 Å². The first-order chi connectivity index (χ1) is 11.0. The summed E-state index contributed by atoms with van der Waals surface area (Å²) in [5, 5.41) is 16.8. The molecule has 1 aromatic heterocycles. The molecule has 23 heavy (non-hydrogen) atoms. The maximum absolute atomic E-state index is 13.5. The Bertz CT molecular complexity index is 913. The molecule has 0 atom stereocenters. The molecule has 0 bridgehead atoms. The standard InChI is InChI=1S/C16H13FN6/c17-11-4-1-10-8-21-16(20)14(13(10)7-11)23-22-12-5-2-9(3-6-12)15(18)19/h1-8H,(H3,18,19)(H2,20,21)/b23-22+. The fraction of sp³-hybridized carbons (Fsp3) is 0. The Labute approximate surface area is 131 Å². The van der Waals surface area contributed by atoms with Gasteiger partial charge in [0.25, 0.3) is 0 Å². The third kappa shape index (κ3) is 2.98. The number of hydrogen-bond acceptors (Lipinski definition) is 5. The van der Waals surface area contributed by atoms with Crippen LogP contribution in [0.1, 0.15) is 5.56 Å². The number of nitrogens with two attached hydrogens (primary N) is 2. The number of aromatic nitrogens is 1. The summed E-state index contributed by atoms with van der Waals surface area (Å²) in [6.07, 6.45) is 1.56. The molecule has 1 heterocycles. The maximum atomic E-state index is 13.5. The number of azo groups is 1. The van der Waals surface area contributed by atoms with Gasteiger partial charge in [0.15, 0.2) is 5.82 Å². The highest BCUT2D eigenvalue weighted by atomic mass is 19.1. The molecule has 0 radical (unpaired) electrons. The number of rotatable bonds is 3. The van der Waals surface area contributed by atoms with Crippen LogP contribution in [0.2, 0.25) is 0 Å². The summed E-state index contributed by atoms with van der Waals surface area (Å²) in [5.41, 5.74) is 12.7. The number of nitrogen functional groups attached to an aromatic ring is 2. The lowest BCUT2D eigenvalue weighted by atomic mass is 10.1. The van der Waals surface area contributed by atoms with Gasteiger partial charge in [0.05, 0.1) is 5.69 Å². The largest absolute Gasteiger partial charge is 0.384 e. The van der Waals surface area contributed by atoms with Crippen molar-refractivity contribution in [1.29, 1.82) is 5.41 Å². The van der Waals surface area contributed by atoms with Crippen LogP contribution in [-0.2, 0) is 0 Å². The van der Waals surface area contributed by atoms with E-state index in [9.17, 15) is 4.39 Å². The summed E-state index contributed by atoms with van der Waals surface area (Å²) in [4.78, 5) is 4.04. The van der Waals surface area contributed by atoms with Crippen molar-refractivity contribution in [3.8, 4) is 0 Å². The minimum Gasteiger partial charge on any atom is -0.384 e. The van der Waals surface area contributed by atoms with Crippen LogP contribution in [0.25, 0.3) is 10.8 Å². The van der Waals surface area contributed by atoms with Crippen LogP contribution < -0.4 is 11.5 Å². The molecule has 114 valence electrons. The first-order valence-electron chi connectivity index (χ1n) is 6.74. The molecular formula is C16H13FN6. The Morgan fingerprint density at radius 1 is 1.09 bits per heavy atom. The van der Waals surface area contributed by atoms with Gasteiger partial charge in [0.1, 0.15) is 17.3 Å². The molecule has 0 aliphatic heterocycles. The zero-order chi connectivity index (χ0) is 16.4. The number of fused-ring (bicyclic) bond motifs is 1. The topological polar surface area (TPSA) is 114 Å². The molecule has 7 heteroatoms. The summed E-state index contributed by atoms with van der Waals surface area (Å²) in [7, 11) is 0. The van der Waals surface area contributed by atoms with E-state index in [1.807, 2.05) is 0 Å². The van der Waals surface area contributed by atoms with E-state index in [0.29, 0.717) is 22.3 Å². The molecule has 6 nitrogen and oxygen atoms in total. The zero-order valence-electron chi connectivity index (χ0n) is 12.0. The lowest BCUT2D eigenvalue weighted by Gasteiger charge is -2.04. The third-order valence-corrected chi connectivity index (χ3v) is 3.30. The predicted octanol–water partition coefficient (Wildman–Crippen LogP) is 3.66. The van der Waals surface area contributed by atoms with Gasteiger partial charge in [-0.05, 0) is 42.5 Å². The van der Waals surface area contributed by atoms with Crippen molar-refractivity contribution in [2.45, 2.75) is 0 Å². The highest BCUT2D eigenvalue weighted by Gasteiger charge is 2.07. The number of benzene rings is 2. The average molecular weight is 308 g/mol. The van der Waals surface area contributed by atoms with Crippen LogP contribution in [0.5, 0.6) is 0 Å². The SMILES string of the molecule is N=C(N)c1ccc(/N=N/c2c(N)ncc3ccc(F)cc23)cc1. The number of halogens is 1.